The lowest BCUT2D eigenvalue weighted by atomic mass is 10.0. The molecule has 0 saturated heterocycles. The number of hydrogen-bond donors (Lipinski definition) is 3. The van der Waals surface area contributed by atoms with E-state index in [0.717, 1.165) is 5.56 Å². The van der Waals surface area contributed by atoms with Crippen LogP contribution in [-0.4, -0.2) is 58.1 Å². The number of aliphatic hydroxyl groups is 1. The van der Waals surface area contributed by atoms with E-state index in [1.807, 2.05) is 13.8 Å². The fraction of sp³-hybridized carbons (Fsp3) is 0.308. The predicted molar refractivity (Wildman–Crippen MR) is 137 cm³/mol. The van der Waals surface area contributed by atoms with Crippen LogP contribution in [0.1, 0.15) is 41.4 Å². The first-order chi connectivity index (χ1) is 17.3. The van der Waals surface area contributed by atoms with Crippen molar-refractivity contribution in [2.75, 3.05) is 25.6 Å². The van der Waals surface area contributed by atoms with Crippen molar-refractivity contribution in [3.8, 4) is 17.0 Å². The maximum atomic E-state index is 13.1. The molecule has 2 heterocycles. The van der Waals surface area contributed by atoms with Gasteiger partial charge in [-0.05, 0) is 55.3 Å². The zero-order valence-electron chi connectivity index (χ0n) is 20.3. The molecule has 0 spiro atoms. The van der Waals surface area contributed by atoms with Crippen LogP contribution >= 0.6 is 11.6 Å². The van der Waals surface area contributed by atoms with Crippen LogP contribution in [-0.2, 0) is 11.3 Å². The lowest BCUT2D eigenvalue weighted by molar-refractivity contribution is -0.122. The summed E-state index contributed by atoms with van der Waals surface area (Å²) in [7, 11) is 1.55. The Morgan fingerprint density at radius 1 is 1.22 bits per heavy atom. The Hall–Kier alpha value is -3.69. The van der Waals surface area contributed by atoms with Crippen LogP contribution in [0.3, 0.4) is 0 Å². The minimum Gasteiger partial charge on any atom is -0.497 e. The molecule has 0 fully saturated rings. The second-order valence-electron chi connectivity index (χ2n) is 8.79. The Morgan fingerprint density at radius 3 is 2.75 bits per heavy atom. The molecule has 3 aromatic rings. The predicted octanol–water partition coefficient (Wildman–Crippen LogP) is 3.43. The number of halogens is 1. The van der Waals surface area contributed by atoms with E-state index in [1.54, 1.807) is 55.8 Å². The summed E-state index contributed by atoms with van der Waals surface area (Å²) >= 11 is 6.55. The number of carbonyl (C=O) groups is 2. The van der Waals surface area contributed by atoms with Gasteiger partial charge in [-0.15, -0.1) is 0 Å². The number of methoxy groups -OCH3 is 1. The average molecular weight is 510 g/mol. The summed E-state index contributed by atoms with van der Waals surface area (Å²) in [5, 5.41) is 16.2. The van der Waals surface area contributed by atoms with Gasteiger partial charge in [-0.2, -0.15) is 0 Å². The van der Waals surface area contributed by atoms with Crippen LogP contribution in [0.4, 0.5) is 5.95 Å². The minimum absolute atomic E-state index is 0.156. The zero-order valence-corrected chi connectivity index (χ0v) is 21.0. The van der Waals surface area contributed by atoms with Gasteiger partial charge in [-0.3, -0.25) is 9.59 Å². The number of ether oxygens (including phenoxy) is 1. The third-order valence-electron chi connectivity index (χ3n) is 5.77. The second-order valence-corrected chi connectivity index (χ2v) is 9.20. The molecule has 1 aromatic heterocycles. The van der Waals surface area contributed by atoms with Gasteiger partial charge < -0.3 is 25.4 Å². The molecule has 0 radical (unpaired) electrons. The van der Waals surface area contributed by atoms with Gasteiger partial charge in [0, 0.05) is 29.9 Å². The lowest BCUT2D eigenvalue weighted by Crippen LogP contribution is -2.40. The molecular formula is C26H28ClN5O4. The number of aromatic nitrogens is 2. The van der Waals surface area contributed by atoms with E-state index in [4.69, 9.17) is 16.3 Å². The van der Waals surface area contributed by atoms with Crippen molar-refractivity contribution >= 4 is 29.4 Å². The molecule has 0 aliphatic carbocycles. The molecule has 36 heavy (non-hydrogen) atoms. The van der Waals surface area contributed by atoms with Crippen molar-refractivity contribution in [3.05, 3.63) is 70.4 Å². The molecule has 10 heteroatoms. The number of anilines is 1. The normalized spacial score (nSPS) is 13.5. The summed E-state index contributed by atoms with van der Waals surface area (Å²) < 4.78 is 5.22. The molecule has 2 amide bonds. The van der Waals surface area contributed by atoms with Crippen molar-refractivity contribution in [2.24, 2.45) is 0 Å². The molecule has 2 aromatic carbocycles. The van der Waals surface area contributed by atoms with Gasteiger partial charge in [0.2, 0.25) is 11.9 Å². The Bertz CT molecular complexity index is 1280. The first-order valence-corrected chi connectivity index (χ1v) is 11.9. The summed E-state index contributed by atoms with van der Waals surface area (Å²) in [6.45, 7) is 3.78. The number of carbonyl (C=O) groups excluding carboxylic acids is 2. The number of nitrogens with one attached hydrogen (secondary N) is 2. The van der Waals surface area contributed by atoms with Crippen molar-refractivity contribution in [1.82, 2.24) is 20.2 Å². The van der Waals surface area contributed by atoms with Gasteiger partial charge in [0.25, 0.3) is 5.91 Å². The van der Waals surface area contributed by atoms with E-state index in [0.29, 0.717) is 39.1 Å². The monoisotopic (exact) mass is 509 g/mol. The van der Waals surface area contributed by atoms with Crippen LogP contribution in [0.2, 0.25) is 5.02 Å². The molecule has 188 valence electrons. The number of rotatable bonds is 9. The van der Waals surface area contributed by atoms with Gasteiger partial charge in [-0.25, -0.2) is 9.97 Å². The molecule has 1 aliphatic heterocycles. The highest BCUT2D eigenvalue weighted by Crippen LogP contribution is 2.34. The molecule has 0 bridgehead atoms. The van der Waals surface area contributed by atoms with Crippen LogP contribution in [0.15, 0.2) is 48.7 Å². The van der Waals surface area contributed by atoms with E-state index >= 15 is 0 Å². The molecule has 9 nitrogen and oxygen atoms in total. The summed E-state index contributed by atoms with van der Waals surface area (Å²) in [6, 6.07) is 11.8. The van der Waals surface area contributed by atoms with Gasteiger partial charge in [0.05, 0.1) is 30.5 Å². The summed E-state index contributed by atoms with van der Waals surface area (Å²) in [5.74, 6) is 0.436. The number of hydrogen-bond acceptors (Lipinski definition) is 7. The average Bonchev–Trinajstić information content (AvgIpc) is 3.15. The number of aliphatic hydroxyl groups excluding tert-OH is 1. The van der Waals surface area contributed by atoms with Crippen molar-refractivity contribution in [2.45, 2.75) is 32.5 Å². The highest BCUT2D eigenvalue weighted by molar-refractivity contribution is 6.33. The van der Waals surface area contributed by atoms with Gasteiger partial charge in [0.15, 0.2) is 0 Å². The van der Waals surface area contributed by atoms with Gasteiger partial charge in [-0.1, -0.05) is 23.7 Å². The van der Waals surface area contributed by atoms with Gasteiger partial charge >= 0.3 is 0 Å². The SMILES string of the molecule is COc1cccc([C@@H](CO)NC(=O)CN2Cc3cc(Cl)c(-c4ccnc(NC(C)C)n4)cc3C2=O)c1. The van der Waals surface area contributed by atoms with E-state index in [2.05, 4.69) is 20.6 Å². The molecular weight excluding hydrogens is 482 g/mol. The van der Waals surface area contributed by atoms with Crippen LogP contribution < -0.4 is 15.4 Å². The van der Waals surface area contributed by atoms with E-state index in [-0.39, 0.29) is 37.6 Å². The smallest absolute Gasteiger partial charge is 0.254 e. The topological polar surface area (TPSA) is 117 Å². The number of amides is 2. The number of fused-ring (bicyclic) bond motifs is 1. The zero-order chi connectivity index (χ0) is 25.8. The molecule has 3 N–H and O–H groups in total. The first kappa shape index (κ1) is 25.4. The molecule has 0 saturated carbocycles. The highest BCUT2D eigenvalue weighted by atomic mass is 35.5. The summed E-state index contributed by atoms with van der Waals surface area (Å²) in [6.07, 6.45) is 1.63. The number of nitrogens with zero attached hydrogens (tertiary/aromatic N) is 3. The van der Waals surface area contributed by atoms with Crippen LogP contribution in [0.25, 0.3) is 11.3 Å². The molecule has 1 atom stereocenters. The van der Waals surface area contributed by atoms with Crippen LogP contribution in [0, 0.1) is 0 Å². The summed E-state index contributed by atoms with van der Waals surface area (Å²) in [5.41, 5.74) is 3.12. The van der Waals surface area contributed by atoms with Crippen molar-refractivity contribution in [3.63, 3.8) is 0 Å². The Balaban J connectivity index is 1.48. The van der Waals surface area contributed by atoms with E-state index in [1.165, 1.54) is 4.90 Å². The Labute approximate surface area is 214 Å². The highest BCUT2D eigenvalue weighted by Gasteiger charge is 2.31. The first-order valence-electron chi connectivity index (χ1n) is 11.5. The third-order valence-corrected chi connectivity index (χ3v) is 6.08. The largest absolute Gasteiger partial charge is 0.497 e. The van der Waals surface area contributed by atoms with Crippen LogP contribution in [0.5, 0.6) is 5.75 Å². The number of benzene rings is 2. The summed E-state index contributed by atoms with van der Waals surface area (Å²) in [4.78, 5) is 36.1. The van der Waals surface area contributed by atoms with Crippen molar-refractivity contribution in [1.29, 1.82) is 0 Å². The molecule has 1 aliphatic rings. The van der Waals surface area contributed by atoms with Crippen molar-refractivity contribution < 1.29 is 19.4 Å². The minimum atomic E-state index is -0.625. The maximum absolute atomic E-state index is 13.1. The van der Waals surface area contributed by atoms with E-state index in [9.17, 15) is 14.7 Å². The molecule has 0 unspecified atom stereocenters. The van der Waals surface area contributed by atoms with E-state index < -0.39 is 6.04 Å². The second kappa shape index (κ2) is 10.9. The third kappa shape index (κ3) is 5.58. The lowest BCUT2D eigenvalue weighted by Gasteiger charge is -2.20. The standard InChI is InChI=1S/C26H28ClN5O4/c1-15(2)29-26-28-8-7-22(31-26)20-11-19-17(10-21(20)27)12-32(25(19)35)13-24(34)30-23(14-33)16-5-4-6-18(9-16)36-3/h4-11,15,23,33H,12-14H2,1-3H3,(H,30,34)(H,28,29,31)/t23-/m1/s1. The van der Waals surface area contributed by atoms with Gasteiger partial charge in [0.1, 0.15) is 12.3 Å². The maximum Gasteiger partial charge on any atom is 0.254 e. The quantitative estimate of drug-likeness (QED) is 0.404. The Morgan fingerprint density at radius 2 is 2.03 bits per heavy atom. The Kier molecular flexibility index (Phi) is 7.71. The fourth-order valence-corrected chi connectivity index (χ4v) is 4.34. The molecule has 4 rings (SSSR count). The fourth-order valence-electron chi connectivity index (χ4n) is 4.06.